The molecule has 142 valence electrons. The van der Waals surface area contributed by atoms with Gasteiger partial charge in [0.2, 0.25) is 15.9 Å². The van der Waals surface area contributed by atoms with E-state index >= 15 is 0 Å². The molecule has 3 rings (SSSR count). The number of benzene rings is 2. The van der Waals surface area contributed by atoms with Crippen molar-refractivity contribution in [3.63, 3.8) is 0 Å². The number of hydrogen-bond donors (Lipinski definition) is 1. The van der Waals surface area contributed by atoms with Crippen LogP contribution < -0.4 is 9.62 Å². The predicted molar refractivity (Wildman–Crippen MR) is 104 cm³/mol. The third-order valence-electron chi connectivity index (χ3n) is 4.50. The first-order valence-corrected chi connectivity index (χ1v) is 10.5. The molecule has 6 nitrogen and oxygen atoms in total. The molecular formula is C20H22N2O4S. The van der Waals surface area contributed by atoms with Crippen molar-refractivity contribution in [3.8, 4) is 0 Å². The highest BCUT2D eigenvalue weighted by molar-refractivity contribution is 7.94. The van der Waals surface area contributed by atoms with E-state index in [2.05, 4.69) is 17.4 Å². The van der Waals surface area contributed by atoms with Crippen LogP contribution in [-0.2, 0) is 21.2 Å². The van der Waals surface area contributed by atoms with Crippen molar-refractivity contribution < 1.29 is 18.0 Å². The summed E-state index contributed by atoms with van der Waals surface area (Å²) in [5.41, 5.74) is 1.92. The molecule has 1 fully saturated rings. The lowest BCUT2D eigenvalue weighted by atomic mass is 10.1. The zero-order valence-electron chi connectivity index (χ0n) is 15.1. The smallest absolute Gasteiger partial charge is 0.251 e. The minimum atomic E-state index is -3.63. The molecule has 1 atom stereocenters. The van der Waals surface area contributed by atoms with Crippen LogP contribution in [0.2, 0.25) is 0 Å². The van der Waals surface area contributed by atoms with Crippen LogP contribution in [0.3, 0.4) is 0 Å². The predicted octanol–water partition coefficient (Wildman–Crippen LogP) is 2.36. The van der Waals surface area contributed by atoms with Gasteiger partial charge >= 0.3 is 0 Å². The molecule has 2 aromatic carbocycles. The molecule has 2 amide bonds. The number of carbonyl (C=O) groups is 2. The van der Waals surface area contributed by atoms with Gasteiger partial charge in [0.15, 0.2) is 0 Å². The van der Waals surface area contributed by atoms with Crippen molar-refractivity contribution in [2.24, 2.45) is 5.92 Å². The second-order valence-corrected chi connectivity index (χ2v) is 8.54. The Labute approximate surface area is 159 Å². The van der Waals surface area contributed by atoms with E-state index in [-0.39, 0.29) is 17.3 Å². The molecular weight excluding hydrogens is 364 g/mol. The fourth-order valence-corrected chi connectivity index (χ4v) is 4.90. The van der Waals surface area contributed by atoms with Crippen LogP contribution >= 0.6 is 0 Å². The highest BCUT2D eigenvalue weighted by Gasteiger charge is 2.41. The van der Waals surface area contributed by atoms with Crippen LogP contribution in [0.4, 0.5) is 5.69 Å². The van der Waals surface area contributed by atoms with E-state index in [1.54, 1.807) is 6.92 Å². The quantitative estimate of drug-likeness (QED) is 0.773. The van der Waals surface area contributed by atoms with Gasteiger partial charge in [-0.05, 0) is 42.7 Å². The van der Waals surface area contributed by atoms with E-state index in [1.807, 2.05) is 18.2 Å². The van der Waals surface area contributed by atoms with E-state index in [0.29, 0.717) is 12.1 Å². The van der Waals surface area contributed by atoms with Crippen LogP contribution in [0.1, 0.15) is 29.3 Å². The number of rotatable bonds is 6. The van der Waals surface area contributed by atoms with Crippen molar-refractivity contribution in [1.82, 2.24) is 5.32 Å². The molecule has 0 aliphatic carbocycles. The van der Waals surface area contributed by atoms with Gasteiger partial charge in [0.1, 0.15) is 0 Å². The lowest BCUT2D eigenvalue weighted by molar-refractivity contribution is -0.119. The summed E-state index contributed by atoms with van der Waals surface area (Å²) in [5, 5.41) is 2.85. The summed E-state index contributed by atoms with van der Waals surface area (Å²) < 4.78 is 25.1. The summed E-state index contributed by atoms with van der Waals surface area (Å²) in [5.74, 6) is -1.40. The Morgan fingerprint density at radius 2 is 1.78 bits per heavy atom. The molecule has 1 aliphatic heterocycles. The fourth-order valence-electron chi connectivity index (χ4n) is 3.08. The van der Waals surface area contributed by atoms with E-state index in [0.717, 1.165) is 17.1 Å². The summed E-state index contributed by atoms with van der Waals surface area (Å²) in [6.45, 7) is 2.14. The van der Waals surface area contributed by atoms with Crippen molar-refractivity contribution in [3.05, 3.63) is 65.7 Å². The summed E-state index contributed by atoms with van der Waals surface area (Å²) in [7, 11) is -3.63. The van der Waals surface area contributed by atoms with Gasteiger partial charge in [0.05, 0.1) is 17.4 Å². The van der Waals surface area contributed by atoms with E-state index in [9.17, 15) is 18.0 Å². The molecule has 1 saturated heterocycles. The standard InChI is InChI=1S/C20H22N2O4S/c1-15-14-27(25,26)22(20(15)24)18-11-9-17(10-12-18)19(23)21-13-5-8-16-6-3-2-4-7-16/h2-4,6-7,9-12,15H,5,8,13-14H2,1H3,(H,21,23). The largest absolute Gasteiger partial charge is 0.352 e. The van der Waals surface area contributed by atoms with Crippen LogP contribution in [0.5, 0.6) is 0 Å². The van der Waals surface area contributed by atoms with E-state index < -0.39 is 21.8 Å². The molecule has 27 heavy (non-hydrogen) atoms. The van der Waals surface area contributed by atoms with Gasteiger partial charge in [0, 0.05) is 12.1 Å². The highest BCUT2D eigenvalue weighted by Crippen LogP contribution is 2.28. The maximum absolute atomic E-state index is 12.2. The number of anilines is 1. The molecule has 0 aromatic heterocycles. The van der Waals surface area contributed by atoms with Gasteiger partial charge in [-0.2, -0.15) is 0 Å². The van der Waals surface area contributed by atoms with Gasteiger partial charge in [0.25, 0.3) is 5.91 Å². The van der Waals surface area contributed by atoms with Gasteiger partial charge in [-0.15, -0.1) is 0 Å². The van der Waals surface area contributed by atoms with Gasteiger partial charge in [-0.3, -0.25) is 9.59 Å². The average molecular weight is 386 g/mol. The van der Waals surface area contributed by atoms with E-state index in [1.165, 1.54) is 29.8 Å². The van der Waals surface area contributed by atoms with Gasteiger partial charge in [-0.1, -0.05) is 37.3 Å². The molecule has 0 bridgehead atoms. The first-order chi connectivity index (χ1) is 12.9. The number of amides is 2. The maximum atomic E-state index is 12.2. The van der Waals surface area contributed by atoms with Crippen LogP contribution in [0.25, 0.3) is 0 Å². The van der Waals surface area contributed by atoms with Gasteiger partial charge in [-0.25, -0.2) is 12.7 Å². The third kappa shape index (κ3) is 4.36. The second kappa shape index (κ2) is 7.92. The van der Waals surface area contributed by atoms with Gasteiger partial charge < -0.3 is 5.32 Å². The first kappa shape index (κ1) is 19.1. The lowest BCUT2D eigenvalue weighted by Crippen LogP contribution is -2.30. The van der Waals surface area contributed by atoms with Crippen molar-refractivity contribution in [2.75, 3.05) is 16.6 Å². The molecule has 7 heteroatoms. The summed E-state index contributed by atoms with van der Waals surface area (Å²) >= 11 is 0. The number of hydrogen-bond acceptors (Lipinski definition) is 4. The van der Waals surface area contributed by atoms with Crippen LogP contribution in [-0.4, -0.2) is 32.5 Å². The number of aryl methyl sites for hydroxylation is 1. The number of carbonyl (C=O) groups excluding carboxylic acids is 2. The minimum Gasteiger partial charge on any atom is -0.352 e. The zero-order chi connectivity index (χ0) is 19.4. The number of sulfonamides is 1. The SMILES string of the molecule is CC1CS(=O)(=O)N(c2ccc(C(=O)NCCCc3ccccc3)cc2)C1=O. The van der Waals surface area contributed by atoms with Crippen molar-refractivity contribution >= 4 is 27.5 Å². The lowest BCUT2D eigenvalue weighted by Gasteiger charge is -2.15. The van der Waals surface area contributed by atoms with Crippen LogP contribution in [0.15, 0.2) is 54.6 Å². The first-order valence-electron chi connectivity index (χ1n) is 8.87. The molecule has 0 spiro atoms. The monoisotopic (exact) mass is 386 g/mol. The zero-order valence-corrected chi connectivity index (χ0v) is 15.9. The molecule has 2 aromatic rings. The second-order valence-electron chi connectivity index (χ2n) is 6.67. The molecule has 1 heterocycles. The molecule has 1 N–H and O–H groups in total. The Hall–Kier alpha value is -2.67. The average Bonchev–Trinajstić information content (AvgIpc) is 2.86. The molecule has 0 saturated carbocycles. The Kier molecular flexibility index (Phi) is 5.60. The molecule has 1 unspecified atom stereocenters. The van der Waals surface area contributed by atoms with Crippen molar-refractivity contribution in [2.45, 2.75) is 19.8 Å². The van der Waals surface area contributed by atoms with E-state index in [4.69, 9.17) is 0 Å². The maximum Gasteiger partial charge on any atom is 0.251 e. The number of nitrogens with zero attached hydrogens (tertiary/aromatic N) is 1. The fraction of sp³-hybridized carbons (Fsp3) is 0.300. The Balaban J connectivity index is 1.57. The summed E-state index contributed by atoms with van der Waals surface area (Å²) in [6.07, 6.45) is 1.71. The highest BCUT2D eigenvalue weighted by atomic mass is 32.2. The van der Waals surface area contributed by atoms with Crippen LogP contribution in [0, 0.1) is 5.92 Å². The summed E-state index contributed by atoms with van der Waals surface area (Å²) in [6, 6.07) is 16.1. The topological polar surface area (TPSA) is 83.6 Å². The van der Waals surface area contributed by atoms with Crippen molar-refractivity contribution in [1.29, 1.82) is 0 Å². The minimum absolute atomic E-state index is 0.185. The Bertz CT molecular complexity index is 924. The molecule has 0 radical (unpaired) electrons. The molecule has 1 aliphatic rings. The third-order valence-corrected chi connectivity index (χ3v) is 6.36. The summed E-state index contributed by atoms with van der Waals surface area (Å²) in [4.78, 5) is 24.3. The normalized spacial score (nSPS) is 18.5. The number of nitrogens with one attached hydrogen (secondary N) is 1. The Morgan fingerprint density at radius 1 is 1.11 bits per heavy atom. The Morgan fingerprint density at radius 3 is 2.37 bits per heavy atom.